The Bertz CT molecular complexity index is 1370. The van der Waals surface area contributed by atoms with E-state index in [1.54, 1.807) is 23.7 Å². The summed E-state index contributed by atoms with van der Waals surface area (Å²) in [6, 6.07) is 14.3. The van der Waals surface area contributed by atoms with Crippen molar-refractivity contribution in [1.82, 2.24) is 14.9 Å². The van der Waals surface area contributed by atoms with Crippen molar-refractivity contribution in [2.75, 3.05) is 19.5 Å². The number of carbonyl (C=O) groups excluding carboxylic acids is 2. The number of anilines is 1. The van der Waals surface area contributed by atoms with Crippen LogP contribution < -0.4 is 20.5 Å². The quantitative estimate of drug-likeness (QED) is 0.430. The summed E-state index contributed by atoms with van der Waals surface area (Å²) < 4.78 is 17.5. The number of nitrogens with two attached hydrogens (primary N) is 1. The van der Waals surface area contributed by atoms with Gasteiger partial charge in [-0.2, -0.15) is 5.10 Å². The standard InChI is InChI=1S/C24H23N5O5/c1-13-19(14(2)29(27-13)15-8-6-5-7-9-15)21-20(22(25)30)24(34-28-21)26-23(31)17-11-10-16(32-3)12-18(17)33-4/h5-12H,1-4H3,(H2,25,30)(H,26,31). The first-order valence-electron chi connectivity index (χ1n) is 10.3. The van der Waals surface area contributed by atoms with Crippen LogP contribution in [0.5, 0.6) is 11.5 Å². The van der Waals surface area contributed by atoms with Crippen molar-refractivity contribution < 1.29 is 23.6 Å². The van der Waals surface area contributed by atoms with Crippen LogP contribution in [0.4, 0.5) is 5.88 Å². The minimum absolute atomic E-state index is 0.0559. The maximum atomic E-state index is 12.9. The van der Waals surface area contributed by atoms with Crippen LogP contribution in [0.1, 0.15) is 32.1 Å². The molecule has 4 aromatic rings. The average molecular weight is 461 g/mol. The molecule has 0 aliphatic rings. The van der Waals surface area contributed by atoms with Crippen molar-refractivity contribution in [2.24, 2.45) is 5.73 Å². The highest BCUT2D eigenvalue weighted by Gasteiger charge is 2.29. The second-order valence-corrected chi connectivity index (χ2v) is 7.41. The zero-order chi connectivity index (χ0) is 24.4. The maximum absolute atomic E-state index is 12.9. The van der Waals surface area contributed by atoms with Crippen LogP contribution in [0, 0.1) is 13.8 Å². The first-order valence-corrected chi connectivity index (χ1v) is 10.3. The maximum Gasteiger partial charge on any atom is 0.261 e. The van der Waals surface area contributed by atoms with Gasteiger partial charge in [-0.3, -0.25) is 14.9 Å². The Kier molecular flexibility index (Phi) is 6.05. The molecule has 0 radical (unpaired) electrons. The lowest BCUT2D eigenvalue weighted by atomic mass is 10.0. The van der Waals surface area contributed by atoms with Gasteiger partial charge in [-0.15, -0.1) is 0 Å². The summed E-state index contributed by atoms with van der Waals surface area (Å²) in [5.41, 5.74) is 8.80. The largest absolute Gasteiger partial charge is 0.497 e. The van der Waals surface area contributed by atoms with E-state index in [9.17, 15) is 9.59 Å². The van der Waals surface area contributed by atoms with Gasteiger partial charge in [0.1, 0.15) is 22.8 Å². The lowest BCUT2D eigenvalue weighted by Gasteiger charge is -2.10. The minimum atomic E-state index is -0.806. The van der Waals surface area contributed by atoms with Crippen LogP contribution in [0.3, 0.4) is 0 Å². The van der Waals surface area contributed by atoms with Crippen LogP contribution in [-0.2, 0) is 0 Å². The minimum Gasteiger partial charge on any atom is -0.497 e. The summed E-state index contributed by atoms with van der Waals surface area (Å²) >= 11 is 0. The topological polar surface area (TPSA) is 134 Å². The number of carbonyl (C=O) groups is 2. The van der Waals surface area contributed by atoms with Crippen molar-refractivity contribution in [3.05, 3.63) is 71.0 Å². The normalized spacial score (nSPS) is 10.7. The molecular formula is C24H23N5O5. The molecule has 10 nitrogen and oxygen atoms in total. The van der Waals surface area contributed by atoms with Gasteiger partial charge in [0.15, 0.2) is 0 Å². The highest BCUT2D eigenvalue weighted by Crippen LogP contribution is 2.34. The predicted molar refractivity (Wildman–Crippen MR) is 125 cm³/mol. The summed E-state index contributed by atoms with van der Waals surface area (Å²) in [4.78, 5) is 25.4. The Morgan fingerprint density at radius 1 is 1.06 bits per heavy atom. The van der Waals surface area contributed by atoms with Crippen LogP contribution in [0.25, 0.3) is 16.9 Å². The molecule has 0 saturated heterocycles. The third kappa shape index (κ3) is 3.96. The molecule has 0 aliphatic carbocycles. The first-order chi connectivity index (χ1) is 16.3. The molecule has 174 valence electrons. The summed E-state index contributed by atoms with van der Waals surface area (Å²) in [5, 5.41) is 11.2. The Labute approximate surface area is 195 Å². The fourth-order valence-electron chi connectivity index (χ4n) is 3.74. The molecule has 2 aromatic carbocycles. The number of aromatic nitrogens is 3. The second-order valence-electron chi connectivity index (χ2n) is 7.41. The smallest absolute Gasteiger partial charge is 0.261 e. The van der Waals surface area contributed by atoms with E-state index < -0.39 is 11.8 Å². The molecular weight excluding hydrogens is 438 g/mol. The van der Waals surface area contributed by atoms with E-state index in [-0.39, 0.29) is 28.5 Å². The van der Waals surface area contributed by atoms with Gasteiger partial charge < -0.3 is 19.7 Å². The van der Waals surface area contributed by atoms with Gasteiger partial charge in [-0.1, -0.05) is 23.4 Å². The molecule has 0 fully saturated rings. The van der Waals surface area contributed by atoms with Crippen molar-refractivity contribution >= 4 is 17.7 Å². The summed E-state index contributed by atoms with van der Waals surface area (Å²) in [5.74, 6) is -0.739. The number of primary amides is 1. The molecule has 4 rings (SSSR count). The van der Waals surface area contributed by atoms with Gasteiger partial charge in [-0.25, -0.2) is 4.68 Å². The van der Waals surface area contributed by atoms with Crippen molar-refractivity contribution in [3.8, 4) is 28.4 Å². The van der Waals surface area contributed by atoms with E-state index in [4.69, 9.17) is 19.7 Å². The number of hydrogen-bond acceptors (Lipinski definition) is 7. The van der Waals surface area contributed by atoms with Gasteiger partial charge in [0.05, 0.1) is 36.9 Å². The van der Waals surface area contributed by atoms with Gasteiger partial charge in [0.2, 0.25) is 5.88 Å². The van der Waals surface area contributed by atoms with Gasteiger partial charge in [0, 0.05) is 11.6 Å². The number of benzene rings is 2. The number of ether oxygens (including phenoxy) is 2. The third-order valence-electron chi connectivity index (χ3n) is 5.35. The fourth-order valence-corrected chi connectivity index (χ4v) is 3.74. The zero-order valence-electron chi connectivity index (χ0n) is 19.1. The van der Waals surface area contributed by atoms with E-state index in [1.165, 1.54) is 20.3 Å². The number of methoxy groups -OCH3 is 2. The van der Waals surface area contributed by atoms with E-state index in [0.717, 1.165) is 11.4 Å². The van der Waals surface area contributed by atoms with E-state index in [1.807, 2.05) is 37.3 Å². The van der Waals surface area contributed by atoms with Crippen LogP contribution in [0.2, 0.25) is 0 Å². The van der Waals surface area contributed by atoms with Crippen LogP contribution in [-0.4, -0.2) is 41.0 Å². The molecule has 34 heavy (non-hydrogen) atoms. The molecule has 0 spiro atoms. The number of rotatable bonds is 7. The molecule has 0 aliphatic heterocycles. The second kappa shape index (κ2) is 9.10. The highest BCUT2D eigenvalue weighted by atomic mass is 16.5. The Morgan fingerprint density at radius 3 is 2.44 bits per heavy atom. The van der Waals surface area contributed by atoms with E-state index >= 15 is 0 Å². The number of amides is 2. The lowest BCUT2D eigenvalue weighted by Crippen LogP contribution is -2.18. The summed E-state index contributed by atoms with van der Waals surface area (Å²) in [6.07, 6.45) is 0. The summed E-state index contributed by atoms with van der Waals surface area (Å²) in [7, 11) is 2.94. The SMILES string of the molecule is COc1ccc(C(=O)Nc2onc(-c3c(C)nn(-c4ccccc4)c3C)c2C(N)=O)c(OC)c1. The monoisotopic (exact) mass is 461 g/mol. The fraction of sp³-hybridized carbons (Fsp3) is 0.167. The molecule has 10 heteroatoms. The molecule has 3 N–H and O–H groups in total. The van der Waals surface area contributed by atoms with Gasteiger partial charge in [-0.05, 0) is 38.1 Å². The lowest BCUT2D eigenvalue weighted by molar-refractivity contribution is 0.100. The Morgan fingerprint density at radius 2 is 1.79 bits per heavy atom. The van der Waals surface area contributed by atoms with Gasteiger partial charge in [0.25, 0.3) is 11.8 Å². The number of hydrogen-bond donors (Lipinski definition) is 2. The highest BCUT2D eigenvalue weighted by molar-refractivity contribution is 6.11. The first kappa shape index (κ1) is 22.6. The van der Waals surface area contributed by atoms with Crippen molar-refractivity contribution in [1.29, 1.82) is 0 Å². The van der Waals surface area contributed by atoms with Crippen LogP contribution in [0.15, 0.2) is 53.1 Å². The number of para-hydroxylation sites is 1. The molecule has 0 bridgehead atoms. The average Bonchev–Trinajstić information content (AvgIpc) is 3.38. The van der Waals surface area contributed by atoms with Crippen LogP contribution >= 0.6 is 0 Å². The van der Waals surface area contributed by atoms with E-state index in [2.05, 4.69) is 15.6 Å². The van der Waals surface area contributed by atoms with Crippen molar-refractivity contribution in [2.45, 2.75) is 13.8 Å². The molecule has 0 unspecified atom stereocenters. The number of aryl methyl sites for hydroxylation is 1. The number of nitrogens with one attached hydrogen (secondary N) is 1. The molecule has 0 atom stereocenters. The van der Waals surface area contributed by atoms with Crippen molar-refractivity contribution in [3.63, 3.8) is 0 Å². The molecule has 2 aromatic heterocycles. The zero-order valence-corrected chi connectivity index (χ0v) is 19.1. The van der Waals surface area contributed by atoms with E-state index in [0.29, 0.717) is 17.0 Å². The summed E-state index contributed by atoms with van der Waals surface area (Å²) in [6.45, 7) is 3.64. The number of nitrogens with zero attached hydrogens (tertiary/aromatic N) is 3. The third-order valence-corrected chi connectivity index (χ3v) is 5.35. The predicted octanol–water partition coefficient (Wildman–Crippen LogP) is 3.51. The Hall–Kier alpha value is -4.60. The molecule has 2 amide bonds. The molecule has 2 heterocycles. The molecule has 0 saturated carbocycles. The van der Waals surface area contributed by atoms with Gasteiger partial charge >= 0.3 is 0 Å². The Balaban J connectivity index is 1.74.